The van der Waals surface area contributed by atoms with E-state index < -0.39 is 0 Å². The van der Waals surface area contributed by atoms with Crippen molar-refractivity contribution in [1.82, 2.24) is 4.90 Å². The van der Waals surface area contributed by atoms with Crippen LogP contribution >= 0.6 is 12.2 Å². The molecule has 0 aliphatic rings. The highest BCUT2D eigenvalue weighted by Gasteiger charge is 2.15. The van der Waals surface area contributed by atoms with Crippen LogP contribution in [0, 0.1) is 6.92 Å². The maximum Gasteiger partial charge on any atom is 0.126 e. The molecule has 0 aromatic heterocycles. The lowest BCUT2D eigenvalue weighted by molar-refractivity contribution is 0.750. The molecule has 0 heterocycles. The van der Waals surface area contributed by atoms with Gasteiger partial charge in [-0.3, -0.25) is 0 Å². The highest BCUT2D eigenvalue weighted by atomic mass is 32.1. The van der Waals surface area contributed by atoms with Crippen molar-refractivity contribution in [2.24, 2.45) is 16.7 Å². The van der Waals surface area contributed by atoms with Crippen LogP contribution in [0.4, 0.5) is 0 Å². The lowest BCUT2D eigenvalue weighted by atomic mass is 9.95. The van der Waals surface area contributed by atoms with Crippen molar-refractivity contribution >= 4 is 34.3 Å². The van der Waals surface area contributed by atoms with Gasteiger partial charge < -0.3 is 16.5 Å². The first-order chi connectivity index (χ1) is 13.7. The molecule has 2 aromatic carbocycles. The fourth-order valence-corrected chi connectivity index (χ4v) is 3.54. The summed E-state index contributed by atoms with van der Waals surface area (Å²) in [7, 11) is 1.84. The number of hydrogen-bond acceptors (Lipinski definition) is 4. The maximum absolute atomic E-state index is 6.49. The molecular formula is C24H30N4S. The molecule has 2 aromatic rings. The van der Waals surface area contributed by atoms with Gasteiger partial charge in [0, 0.05) is 18.3 Å². The third-order valence-electron chi connectivity index (χ3n) is 5.14. The molecule has 0 amide bonds. The van der Waals surface area contributed by atoms with Gasteiger partial charge in [0.25, 0.3) is 0 Å². The number of likely N-dealkylation sites (N-methyl/N-ethyl adjacent to an activating group) is 1. The van der Waals surface area contributed by atoms with E-state index in [2.05, 4.69) is 48.9 Å². The lowest BCUT2D eigenvalue weighted by Gasteiger charge is -2.22. The van der Waals surface area contributed by atoms with E-state index in [9.17, 15) is 0 Å². The molecule has 2 rings (SSSR count). The number of amidine groups is 1. The predicted molar refractivity (Wildman–Crippen MR) is 130 cm³/mol. The summed E-state index contributed by atoms with van der Waals surface area (Å²) in [6.07, 6.45) is 0.718. The van der Waals surface area contributed by atoms with E-state index in [0.29, 0.717) is 16.5 Å². The van der Waals surface area contributed by atoms with Crippen LogP contribution < -0.4 is 11.6 Å². The summed E-state index contributed by atoms with van der Waals surface area (Å²) in [4.78, 5) is 2.41. The van der Waals surface area contributed by atoms with Gasteiger partial charge in [-0.05, 0) is 55.0 Å². The zero-order valence-corrected chi connectivity index (χ0v) is 18.7. The molecule has 0 bridgehead atoms. The number of hydrazone groups is 1. The molecule has 0 aliphatic carbocycles. The van der Waals surface area contributed by atoms with Gasteiger partial charge >= 0.3 is 0 Å². The summed E-state index contributed by atoms with van der Waals surface area (Å²) in [6.45, 7) is 12.0. The first-order valence-corrected chi connectivity index (χ1v) is 10.0. The van der Waals surface area contributed by atoms with Gasteiger partial charge in [0.1, 0.15) is 10.8 Å². The van der Waals surface area contributed by atoms with Crippen molar-refractivity contribution in [3.8, 4) is 11.1 Å². The third-order valence-corrected chi connectivity index (χ3v) is 5.66. The second-order valence-corrected chi connectivity index (χ2v) is 7.56. The van der Waals surface area contributed by atoms with Gasteiger partial charge in [-0.25, -0.2) is 0 Å². The van der Waals surface area contributed by atoms with Crippen LogP contribution in [0.1, 0.15) is 43.9 Å². The van der Waals surface area contributed by atoms with E-state index >= 15 is 0 Å². The van der Waals surface area contributed by atoms with Gasteiger partial charge in [0.2, 0.25) is 0 Å². The Labute approximate surface area is 179 Å². The van der Waals surface area contributed by atoms with E-state index in [1.807, 2.05) is 40.0 Å². The van der Waals surface area contributed by atoms with Crippen LogP contribution in [0.25, 0.3) is 22.4 Å². The number of aryl methyl sites for hydroxylation is 1. The Balaban J connectivity index is 2.39. The summed E-state index contributed by atoms with van der Waals surface area (Å²) in [6, 6.07) is 14.7. The lowest BCUT2D eigenvalue weighted by Crippen LogP contribution is -2.32. The number of benzene rings is 2. The Kier molecular flexibility index (Phi) is 7.35. The molecule has 0 saturated heterocycles. The van der Waals surface area contributed by atoms with Gasteiger partial charge in [-0.2, -0.15) is 5.10 Å². The molecule has 0 unspecified atom stereocenters. The zero-order chi connectivity index (χ0) is 21.7. The second-order valence-electron chi connectivity index (χ2n) is 7.17. The summed E-state index contributed by atoms with van der Waals surface area (Å²) in [5.41, 5.74) is 14.8. The van der Waals surface area contributed by atoms with Crippen LogP contribution in [0.15, 0.2) is 59.7 Å². The minimum absolute atomic E-state index is 0.631. The SMILES string of the molecule is C=C(C)c1ccc(-c2ccc(C(N)=C(CC)C(=S)N(C)/C(C)=N\N)cc2)c(C)c1. The minimum Gasteiger partial charge on any atom is -0.398 e. The largest absolute Gasteiger partial charge is 0.398 e. The number of nitrogens with zero attached hydrogens (tertiary/aromatic N) is 2. The molecule has 152 valence electrons. The molecule has 0 atom stereocenters. The molecule has 4 nitrogen and oxygen atoms in total. The highest BCUT2D eigenvalue weighted by molar-refractivity contribution is 7.80. The highest BCUT2D eigenvalue weighted by Crippen LogP contribution is 2.28. The normalized spacial score (nSPS) is 12.4. The third kappa shape index (κ3) is 4.93. The van der Waals surface area contributed by atoms with Crippen LogP contribution in [-0.2, 0) is 0 Å². The number of rotatable bonds is 5. The molecule has 0 radical (unpaired) electrons. The Hall–Kier alpha value is -2.92. The van der Waals surface area contributed by atoms with E-state index in [0.717, 1.165) is 34.3 Å². The minimum atomic E-state index is 0.631. The molecule has 5 heteroatoms. The summed E-state index contributed by atoms with van der Waals surface area (Å²) >= 11 is 5.61. The molecule has 29 heavy (non-hydrogen) atoms. The van der Waals surface area contributed by atoms with Gasteiger partial charge in [-0.15, -0.1) is 0 Å². The number of allylic oxidation sites excluding steroid dienone is 1. The van der Waals surface area contributed by atoms with Crippen molar-refractivity contribution in [1.29, 1.82) is 0 Å². The quantitative estimate of drug-likeness (QED) is 0.176. The van der Waals surface area contributed by atoms with Crippen LogP contribution in [0.5, 0.6) is 0 Å². The average Bonchev–Trinajstić information content (AvgIpc) is 2.72. The molecule has 0 saturated carbocycles. The van der Waals surface area contributed by atoms with E-state index in [1.54, 1.807) is 4.90 Å². The topological polar surface area (TPSA) is 67.6 Å². The summed E-state index contributed by atoms with van der Waals surface area (Å²) in [5.74, 6) is 6.02. The monoisotopic (exact) mass is 406 g/mol. The maximum atomic E-state index is 6.49. The first kappa shape index (κ1) is 22.4. The summed E-state index contributed by atoms with van der Waals surface area (Å²) < 4.78 is 0. The van der Waals surface area contributed by atoms with E-state index in [1.165, 1.54) is 11.1 Å². The number of thiocarbonyl (C=S) groups is 1. The Morgan fingerprint density at radius 2 is 1.69 bits per heavy atom. The van der Waals surface area contributed by atoms with Crippen molar-refractivity contribution in [2.75, 3.05) is 7.05 Å². The van der Waals surface area contributed by atoms with Crippen molar-refractivity contribution in [3.05, 3.63) is 71.3 Å². The standard InChI is InChI=1S/C24H30N4S/c1-7-21(24(29)28(6)17(5)27-26)23(25)19-10-8-18(9-11-19)22-13-12-20(15(2)3)14-16(22)4/h8-14H,2,7,25-26H2,1,3-6H3/b23-21?,27-17-. The van der Waals surface area contributed by atoms with Crippen molar-refractivity contribution in [2.45, 2.75) is 34.1 Å². The Morgan fingerprint density at radius 3 is 2.17 bits per heavy atom. The molecule has 0 spiro atoms. The van der Waals surface area contributed by atoms with E-state index in [-0.39, 0.29) is 0 Å². The Morgan fingerprint density at radius 1 is 1.10 bits per heavy atom. The fraction of sp³-hybridized carbons (Fsp3) is 0.250. The van der Waals surface area contributed by atoms with Crippen molar-refractivity contribution < 1.29 is 0 Å². The molecule has 0 fully saturated rings. The number of nitrogens with two attached hydrogens (primary N) is 2. The molecule has 0 aliphatic heterocycles. The van der Waals surface area contributed by atoms with Crippen LogP contribution in [-0.4, -0.2) is 22.8 Å². The zero-order valence-electron chi connectivity index (χ0n) is 17.9. The number of hydrogen-bond donors (Lipinski definition) is 2. The predicted octanol–water partition coefficient (Wildman–Crippen LogP) is 5.33. The van der Waals surface area contributed by atoms with Crippen LogP contribution in [0.2, 0.25) is 0 Å². The fourth-order valence-electron chi connectivity index (χ4n) is 3.15. The summed E-state index contributed by atoms with van der Waals surface area (Å²) in [5, 5.41) is 3.71. The van der Waals surface area contributed by atoms with Crippen molar-refractivity contribution in [3.63, 3.8) is 0 Å². The van der Waals surface area contributed by atoms with Crippen LogP contribution in [0.3, 0.4) is 0 Å². The van der Waals surface area contributed by atoms with E-state index in [4.69, 9.17) is 23.8 Å². The Bertz CT molecular complexity index is 984. The first-order valence-electron chi connectivity index (χ1n) is 9.59. The average molecular weight is 407 g/mol. The molecular weight excluding hydrogens is 376 g/mol. The molecule has 4 N–H and O–H groups in total. The van der Waals surface area contributed by atoms with Gasteiger partial charge in [-0.1, -0.05) is 73.8 Å². The van der Waals surface area contributed by atoms with Gasteiger partial charge in [0.15, 0.2) is 0 Å². The second kappa shape index (κ2) is 9.52. The smallest absolute Gasteiger partial charge is 0.126 e. The van der Waals surface area contributed by atoms with Gasteiger partial charge in [0.05, 0.1) is 0 Å².